The molecule has 0 aliphatic carbocycles. The number of rotatable bonds is 2. The van der Waals surface area contributed by atoms with Crippen LogP contribution in [0.2, 0.25) is 0 Å². The van der Waals surface area contributed by atoms with Crippen molar-refractivity contribution in [2.75, 3.05) is 7.11 Å². The molecule has 3 rings (SSSR count). The van der Waals surface area contributed by atoms with E-state index < -0.39 is 5.97 Å². The van der Waals surface area contributed by atoms with E-state index in [1.807, 2.05) is 18.2 Å². The van der Waals surface area contributed by atoms with Crippen LogP contribution < -0.4 is 4.74 Å². The molecule has 2 heterocycles. The first-order chi connectivity index (χ1) is 8.61. The number of hydrogen-bond donors (Lipinski definition) is 1. The average molecular weight is 245 g/mol. The van der Waals surface area contributed by atoms with Gasteiger partial charge in [-0.1, -0.05) is 0 Å². The van der Waals surface area contributed by atoms with E-state index in [1.54, 1.807) is 20.2 Å². The second-order valence-electron chi connectivity index (χ2n) is 4.08. The molecule has 0 bridgehead atoms. The lowest BCUT2D eigenvalue weighted by Crippen LogP contribution is -2.03. The minimum absolute atomic E-state index is 0.202. The SMILES string of the molecule is COc1ccc2oc3c(cc(C(=O)O)n3C)c2c1. The molecule has 0 saturated carbocycles. The number of aryl methyl sites for hydroxylation is 1. The monoisotopic (exact) mass is 245 g/mol. The molecular formula is C13H11NO4. The summed E-state index contributed by atoms with van der Waals surface area (Å²) >= 11 is 0. The van der Waals surface area contributed by atoms with Crippen molar-refractivity contribution in [3.8, 4) is 5.75 Å². The molecule has 0 aliphatic rings. The fraction of sp³-hybridized carbons (Fsp3) is 0.154. The summed E-state index contributed by atoms with van der Waals surface area (Å²) in [5.41, 5.74) is 1.47. The number of aromatic nitrogens is 1. The number of methoxy groups -OCH3 is 1. The number of aromatic carboxylic acids is 1. The molecule has 0 atom stereocenters. The standard InChI is InChI=1S/C13H11NO4/c1-14-10(13(15)16)6-9-8-5-7(17-2)3-4-11(8)18-12(9)14/h3-6H,1-2H3,(H,15,16). The zero-order valence-electron chi connectivity index (χ0n) is 9.93. The molecule has 92 valence electrons. The van der Waals surface area contributed by atoms with Gasteiger partial charge in [0.1, 0.15) is 17.0 Å². The normalized spacial score (nSPS) is 11.2. The number of carboxylic acids is 1. The molecule has 0 aliphatic heterocycles. The van der Waals surface area contributed by atoms with E-state index in [0.29, 0.717) is 17.0 Å². The molecule has 1 N–H and O–H groups in total. The summed E-state index contributed by atoms with van der Waals surface area (Å²) < 4.78 is 12.3. The third-order valence-electron chi connectivity index (χ3n) is 3.08. The van der Waals surface area contributed by atoms with Gasteiger partial charge in [-0.05, 0) is 24.3 Å². The van der Waals surface area contributed by atoms with Crippen molar-refractivity contribution < 1.29 is 19.1 Å². The Labute approximate surface area is 102 Å². The number of fused-ring (bicyclic) bond motifs is 3. The van der Waals surface area contributed by atoms with Crippen molar-refractivity contribution in [1.29, 1.82) is 0 Å². The van der Waals surface area contributed by atoms with Crippen LogP contribution in [0.4, 0.5) is 0 Å². The Balaban J connectivity index is 2.40. The summed E-state index contributed by atoms with van der Waals surface area (Å²) in [7, 11) is 3.26. The maximum Gasteiger partial charge on any atom is 0.352 e. The van der Waals surface area contributed by atoms with Gasteiger partial charge in [-0.3, -0.25) is 0 Å². The fourth-order valence-electron chi connectivity index (χ4n) is 2.15. The summed E-state index contributed by atoms with van der Waals surface area (Å²) in [5.74, 6) is -0.258. The maximum absolute atomic E-state index is 11.1. The number of carboxylic acid groups (broad SMARTS) is 1. The smallest absolute Gasteiger partial charge is 0.352 e. The maximum atomic E-state index is 11.1. The number of benzene rings is 1. The Morgan fingerprint density at radius 3 is 2.78 bits per heavy atom. The largest absolute Gasteiger partial charge is 0.497 e. The van der Waals surface area contributed by atoms with E-state index in [1.165, 1.54) is 4.57 Å². The molecular weight excluding hydrogens is 234 g/mol. The second kappa shape index (κ2) is 3.53. The average Bonchev–Trinajstić information content (AvgIpc) is 2.86. The Bertz CT molecular complexity index is 766. The highest BCUT2D eigenvalue weighted by molar-refractivity contribution is 6.07. The van der Waals surface area contributed by atoms with E-state index >= 15 is 0 Å². The van der Waals surface area contributed by atoms with Gasteiger partial charge in [0, 0.05) is 17.8 Å². The van der Waals surface area contributed by atoms with Crippen LogP contribution in [0, 0.1) is 0 Å². The van der Waals surface area contributed by atoms with Crippen LogP contribution in [0.3, 0.4) is 0 Å². The molecule has 0 saturated heterocycles. The molecule has 0 amide bonds. The van der Waals surface area contributed by atoms with Gasteiger partial charge in [-0.15, -0.1) is 0 Å². The molecule has 1 aromatic carbocycles. The van der Waals surface area contributed by atoms with Crippen molar-refractivity contribution in [1.82, 2.24) is 4.57 Å². The highest BCUT2D eigenvalue weighted by Crippen LogP contribution is 2.33. The number of hydrogen-bond acceptors (Lipinski definition) is 3. The second-order valence-corrected chi connectivity index (χ2v) is 4.08. The van der Waals surface area contributed by atoms with Crippen LogP contribution in [-0.4, -0.2) is 22.8 Å². The lowest BCUT2D eigenvalue weighted by Gasteiger charge is -1.98. The van der Waals surface area contributed by atoms with Crippen molar-refractivity contribution >= 4 is 28.0 Å². The van der Waals surface area contributed by atoms with E-state index in [9.17, 15) is 4.79 Å². The minimum atomic E-state index is -0.972. The number of carbonyl (C=O) groups is 1. The van der Waals surface area contributed by atoms with Crippen molar-refractivity contribution in [2.45, 2.75) is 0 Å². The third kappa shape index (κ3) is 1.30. The van der Waals surface area contributed by atoms with Gasteiger partial charge in [0.25, 0.3) is 0 Å². The Kier molecular flexibility index (Phi) is 2.10. The van der Waals surface area contributed by atoms with Gasteiger partial charge in [-0.2, -0.15) is 0 Å². The van der Waals surface area contributed by atoms with Gasteiger partial charge in [0.2, 0.25) is 5.71 Å². The van der Waals surface area contributed by atoms with Gasteiger partial charge >= 0.3 is 5.97 Å². The molecule has 0 fully saturated rings. The summed E-state index contributed by atoms with van der Waals surface area (Å²) in [5, 5.41) is 10.7. The van der Waals surface area contributed by atoms with Gasteiger partial charge < -0.3 is 18.8 Å². The Morgan fingerprint density at radius 2 is 2.11 bits per heavy atom. The first-order valence-corrected chi connectivity index (χ1v) is 5.41. The molecule has 5 nitrogen and oxygen atoms in total. The molecule has 3 aromatic rings. The molecule has 0 radical (unpaired) electrons. The van der Waals surface area contributed by atoms with E-state index in [-0.39, 0.29) is 5.69 Å². The van der Waals surface area contributed by atoms with Crippen molar-refractivity contribution in [2.24, 2.45) is 7.05 Å². The lowest BCUT2D eigenvalue weighted by molar-refractivity contribution is 0.0686. The van der Waals surface area contributed by atoms with Crippen LogP contribution in [0.15, 0.2) is 28.7 Å². The van der Waals surface area contributed by atoms with Crippen LogP contribution in [0.5, 0.6) is 5.75 Å². The Hall–Kier alpha value is -2.43. The quantitative estimate of drug-likeness (QED) is 0.753. The lowest BCUT2D eigenvalue weighted by atomic mass is 10.2. The number of ether oxygens (including phenoxy) is 1. The van der Waals surface area contributed by atoms with E-state index in [4.69, 9.17) is 14.3 Å². The fourth-order valence-corrected chi connectivity index (χ4v) is 2.15. The number of furan rings is 1. The zero-order valence-corrected chi connectivity index (χ0v) is 9.93. The highest BCUT2D eigenvalue weighted by atomic mass is 16.5. The Morgan fingerprint density at radius 1 is 1.33 bits per heavy atom. The predicted molar refractivity (Wildman–Crippen MR) is 66.2 cm³/mol. The number of nitrogens with zero attached hydrogens (tertiary/aromatic N) is 1. The molecule has 18 heavy (non-hydrogen) atoms. The van der Waals surface area contributed by atoms with Crippen LogP contribution in [0.1, 0.15) is 10.5 Å². The zero-order chi connectivity index (χ0) is 12.9. The summed E-state index contributed by atoms with van der Waals surface area (Å²) in [6, 6.07) is 7.08. The summed E-state index contributed by atoms with van der Waals surface area (Å²) in [6.07, 6.45) is 0. The first-order valence-electron chi connectivity index (χ1n) is 5.41. The summed E-state index contributed by atoms with van der Waals surface area (Å²) in [4.78, 5) is 11.1. The molecule has 5 heteroatoms. The predicted octanol–water partition coefficient (Wildman–Crippen LogP) is 2.63. The summed E-state index contributed by atoms with van der Waals surface area (Å²) in [6.45, 7) is 0. The first kappa shape index (κ1) is 10.7. The van der Waals surface area contributed by atoms with Crippen LogP contribution in [-0.2, 0) is 7.05 Å². The molecule has 0 spiro atoms. The molecule has 0 unspecified atom stereocenters. The topological polar surface area (TPSA) is 64.6 Å². The van der Waals surface area contributed by atoms with Crippen LogP contribution >= 0.6 is 0 Å². The van der Waals surface area contributed by atoms with Crippen molar-refractivity contribution in [3.63, 3.8) is 0 Å². The van der Waals surface area contributed by atoms with Gasteiger partial charge in [-0.25, -0.2) is 4.79 Å². The van der Waals surface area contributed by atoms with Gasteiger partial charge in [0.05, 0.1) is 7.11 Å². The van der Waals surface area contributed by atoms with E-state index in [0.717, 1.165) is 10.8 Å². The highest BCUT2D eigenvalue weighted by Gasteiger charge is 2.17. The minimum Gasteiger partial charge on any atom is -0.497 e. The molecule has 2 aromatic heterocycles. The third-order valence-corrected chi connectivity index (χ3v) is 3.08. The van der Waals surface area contributed by atoms with Gasteiger partial charge in [0.15, 0.2) is 0 Å². The van der Waals surface area contributed by atoms with Crippen molar-refractivity contribution in [3.05, 3.63) is 30.0 Å². The van der Waals surface area contributed by atoms with Crippen LogP contribution in [0.25, 0.3) is 22.1 Å². The van der Waals surface area contributed by atoms with E-state index in [2.05, 4.69) is 0 Å².